The number of aromatic nitrogens is 2. The molecule has 0 atom stereocenters. The van der Waals surface area contributed by atoms with Crippen LogP contribution in [0.1, 0.15) is 5.69 Å². The van der Waals surface area contributed by atoms with Gasteiger partial charge in [-0.05, 0) is 7.05 Å². The van der Waals surface area contributed by atoms with Crippen molar-refractivity contribution in [3.63, 3.8) is 0 Å². The van der Waals surface area contributed by atoms with Gasteiger partial charge in [-0.25, -0.2) is 0 Å². The number of nitrogens with zero attached hydrogens (tertiary/aromatic N) is 4. The van der Waals surface area contributed by atoms with Crippen molar-refractivity contribution in [3.8, 4) is 0 Å². The third-order valence-electron chi connectivity index (χ3n) is 2.49. The molecule has 82 valence electrons. The molecule has 1 aromatic rings. The SMILES string of the molecule is CN=C(N)Nc1cc2n(n1)CCN(C)C2. The Labute approximate surface area is 88.8 Å². The molecule has 6 nitrogen and oxygen atoms in total. The molecule has 0 fully saturated rings. The summed E-state index contributed by atoms with van der Waals surface area (Å²) in [5.74, 6) is 1.15. The lowest BCUT2D eigenvalue weighted by Gasteiger charge is -2.22. The van der Waals surface area contributed by atoms with E-state index in [0.717, 1.165) is 25.5 Å². The fourth-order valence-electron chi connectivity index (χ4n) is 1.65. The molecule has 0 saturated heterocycles. The predicted molar refractivity (Wildman–Crippen MR) is 59.7 cm³/mol. The fraction of sp³-hybridized carbons (Fsp3) is 0.556. The van der Waals surface area contributed by atoms with Gasteiger partial charge in [0.25, 0.3) is 0 Å². The lowest BCUT2D eigenvalue weighted by molar-refractivity contribution is 0.259. The molecular weight excluding hydrogens is 192 g/mol. The first kappa shape index (κ1) is 9.97. The summed E-state index contributed by atoms with van der Waals surface area (Å²) in [5.41, 5.74) is 6.77. The average molecular weight is 208 g/mol. The molecule has 0 aliphatic carbocycles. The number of likely N-dealkylation sites (N-methyl/N-ethyl adjacent to an activating group) is 1. The zero-order valence-electron chi connectivity index (χ0n) is 9.06. The smallest absolute Gasteiger partial charge is 0.194 e. The van der Waals surface area contributed by atoms with Gasteiger partial charge in [-0.1, -0.05) is 0 Å². The summed E-state index contributed by atoms with van der Waals surface area (Å²) in [6.07, 6.45) is 0. The zero-order chi connectivity index (χ0) is 10.8. The van der Waals surface area contributed by atoms with Crippen LogP contribution in [0.4, 0.5) is 5.82 Å². The Balaban J connectivity index is 2.16. The second kappa shape index (κ2) is 3.90. The molecular formula is C9H16N6. The van der Waals surface area contributed by atoms with E-state index in [1.807, 2.05) is 10.7 Å². The molecule has 2 rings (SSSR count). The van der Waals surface area contributed by atoms with E-state index in [1.165, 1.54) is 5.69 Å². The number of hydrogen-bond acceptors (Lipinski definition) is 3. The molecule has 0 saturated carbocycles. The third kappa shape index (κ3) is 2.10. The highest BCUT2D eigenvalue weighted by atomic mass is 15.4. The number of anilines is 1. The van der Waals surface area contributed by atoms with Crippen LogP contribution in [0.2, 0.25) is 0 Å². The molecule has 0 spiro atoms. The summed E-state index contributed by atoms with van der Waals surface area (Å²) < 4.78 is 2.01. The third-order valence-corrected chi connectivity index (χ3v) is 2.49. The zero-order valence-corrected chi connectivity index (χ0v) is 9.06. The van der Waals surface area contributed by atoms with Gasteiger partial charge in [0, 0.05) is 26.2 Å². The van der Waals surface area contributed by atoms with Gasteiger partial charge in [-0.15, -0.1) is 0 Å². The molecule has 0 amide bonds. The van der Waals surface area contributed by atoms with E-state index in [1.54, 1.807) is 7.05 Å². The first-order valence-electron chi connectivity index (χ1n) is 4.93. The van der Waals surface area contributed by atoms with E-state index in [0.29, 0.717) is 5.96 Å². The summed E-state index contributed by atoms with van der Waals surface area (Å²) >= 11 is 0. The molecule has 0 aromatic carbocycles. The van der Waals surface area contributed by atoms with Gasteiger partial charge in [0.05, 0.1) is 12.2 Å². The molecule has 1 aliphatic rings. The molecule has 1 aliphatic heterocycles. The first-order valence-corrected chi connectivity index (χ1v) is 4.93. The standard InChI is InChI=1S/C9H16N6/c1-11-9(10)12-8-5-7-6-14(2)3-4-15(7)13-8/h5H,3-4,6H2,1-2H3,(H3,10,11,12,13). The Hall–Kier alpha value is -1.56. The van der Waals surface area contributed by atoms with Crippen LogP contribution in [0.15, 0.2) is 11.1 Å². The molecule has 0 bridgehead atoms. The van der Waals surface area contributed by atoms with E-state index < -0.39 is 0 Å². The van der Waals surface area contributed by atoms with Gasteiger partial charge >= 0.3 is 0 Å². The highest BCUT2D eigenvalue weighted by Crippen LogP contribution is 2.14. The Kier molecular flexibility index (Phi) is 2.59. The van der Waals surface area contributed by atoms with Crippen molar-refractivity contribution >= 4 is 11.8 Å². The minimum absolute atomic E-state index is 0.388. The molecule has 15 heavy (non-hydrogen) atoms. The van der Waals surface area contributed by atoms with Crippen molar-refractivity contribution in [1.82, 2.24) is 14.7 Å². The maximum absolute atomic E-state index is 5.57. The summed E-state index contributed by atoms with van der Waals surface area (Å²) in [4.78, 5) is 6.09. The number of nitrogens with one attached hydrogen (secondary N) is 1. The van der Waals surface area contributed by atoms with E-state index >= 15 is 0 Å². The maximum atomic E-state index is 5.57. The normalized spacial score (nSPS) is 17.6. The van der Waals surface area contributed by atoms with Crippen LogP contribution in [-0.2, 0) is 13.1 Å². The number of fused-ring (bicyclic) bond motifs is 1. The van der Waals surface area contributed by atoms with E-state index in [9.17, 15) is 0 Å². The highest BCUT2D eigenvalue weighted by Gasteiger charge is 2.15. The first-order chi connectivity index (χ1) is 7.19. The molecule has 3 N–H and O–H groups in total. The van der Waals surface area contributed by atoms with Gasteiger partial charge in [0.1, 0.15) is 0 Å². The Morgan fingerprint density at radius 3 is 3.13 bits per heavy atom. The number of nitrogens with two attached hydrogens (primary N) is 1. The minimum Gasteiger partial charge on any atom is -0.370 e. The summed E-state index contributed by atoms with van der Waals surface area (Å²) in [7, 11) is 3.75. The van der Waals surface area contributed by atoms with Crippen LogP contribution in [0.25, 0.3) is 0 Å². The maximum Gasteiger partial charge on any atom is 0.194 e. The van der Waals surface area contributed by atoms with Crippen molar-refractivity contribution in [2.24, 2.45) is 10.7 Å². The van der Waals surface area contributed by atoms with Gasteiger partial charge in [0.2, 0.25) is 0 Å². The van der Waals surface area contributed by atoms with E-state index in [4.69, 9.17) is 5.73 Å². The van der Waals surface area contributed by atoms with E-state index in [2.05, 4.69) is 27.4 Å². The largest absolute Gasteiger partial charge is 0.370 e. The highest BCUT2D eigenvalue weighted by molar-refractivity contribution is 5.91. The van der Waals surface area contributed by atoms with Crippen molar-refractivity contribution in [2.75, 3.05) is 26.0 Å². The lowest BCUT2D eigenvalue weighted by atomic mass is 10.3. The summed E-state index contributed by atoms with van der Waals surface area (Å²) in [6, 6.07) is 2.01. The van der Waals surface area contributed by atoms with Crippen LogP contribution in [0, 0.1) is 0 Å². The predicted octanol–water partition coefficient (Wildman–Crippen LogP) is -0.315. The van der Waals surface area contributed by atoms with Gasteiger partial charge in [-0.3, -0.25) is 14.6 Å². The molecule has 1 aromatic heterocycles. The number of aliphatic imine (C=N–C) groups is 1. The van der Waals surface area contributed by atoms with Crippen molar-refractivity contribution in [2.45, 2.75) is 13.1 Å². The quantitative estimate of drug-likeness (QED) is 0.490. The molecule has 2 heterocycles. The average Bonchev–Trinajstić information content (AvgIpc) is 2.59. The lowest BCUT2D eigenvalue weighted by Crippen LogP contribution is -2.30. The number of hydrogen-bond donors (Lipinski definition) is 2. The van der Waals surface area contributed by atoms with Crippen molar-refractivity contribution < 1.29 is 0 Å². The van der Waals surface area contributed by atoms with Gasteiger partial charge < -0.3 is 11.1 Å². The Morgan fingerprint density at radius 1 is 1.60 bits per heavy atom. The topological polar surface area (TPSA) is 71.5 Å². The van der Waals surface area contributed by atoms with Gasteiger partial charge in [0.15, 0.2) is 11.8 Å². The summed E-state index contributed by atoms with van der Waals surface area (Å²) in [5, 5.41) is 7.33. The fourth-order valence-corrected chi connectivity index (χ4v) is 1.65. The number of guanidine groups is 1. The van der Waals surface area contributed by atoms with Crippen LogP contribution in [0.3, 0.4) is 0 Å². The van der Waals surface area contributed by atoms with Crippen LogP contribution < -0.4 is 11.1 Å². The molecule has 0 unspecified atom stereocenters. The van der Waals surface area contributed by atoms with Crippen LogP contribution in [-0.4, -0.2) is 41.3 Å². The summed E-state index contributed by atoms with van der Waals surface area (Å²) in [6.45, 7) is 2.89. The van der Waals surface area contributed by atoms with Crippen LogP contribution >= 0.6 is 0 Å². The van der Waals surface area contributed by atoms with Crippen molar-refractivity contribution in [3.05, 3.63) is 11.8 Å². The monoisotopic (exact) mass is 208 g/mol. The Morgan fingerprint density at radius 2 is 2.40 bits per heavy atom. The minimum atomic E-state index is 0.388. The number of rotatable bonds is 1. The Bertz CT molecular complexity index is 380. The van der Waals surface area contributed by atoms with E-state index in [-0.39, 0.29) is 0 Å². The van der Waals surface area contributed by atoms with Gasteiger partial charge in [-0.2, -0.15) is 5.10 Å². The molecule has 0 radical (unpaired) electrons. The second-order valence-corrected chi connectivity index (χ2v) is 3.72. The second-order valence-electron chi connectivity index (χ2n) is 3.72. The van der Waals surface area contributed by atoms with Crippen LogP contribution in [0.5, 0.6) is 0 Å². The molecule has 6 heteroatoms. The van der Waals surface area contributed by atoms with Crippen molar-refractivity contribution in [1.29, 1.82) is 0 Å².